The fourth-order valence-corrected chi connectivity index (χ4v) is 2.07. The third kappa shape index (κ3) is 3.35. The van der Waals surface area contributed by atoms with Crippen molar-refractivity contribution < 1.29 is 13.2 Å². The first-order valence-electron chi connectivity index (χ1n) is 6.80. The first-order valence-corrected chi connectivity index (χ1v) is 6.80. The number of benzene rings is 2. The molecule has 3 rings (SSSR count). The summed E-state index contributed by atoms with van der Waals surface area (Å²) in [4.78, 5) is 4.02. The second kappa shape index (κ2) is 6.28. The first-order chi connectivity index (χ1) is 11.2. The Morgan fingerprint density at radius 2 is 1.78 bits per heavy atom. The lowest BCUT2D eigenvalue weighted by molar-refractivity contribution is 0.511. The Bertz CT molecular complexity index is 846. The van der Waals surface area contributed by atoms with Crippen LogP contribution in [0.2, 0.25) is 0 Å². The fraction of sp³-hybridized carbons (Fsp3) is 0.0588. The zero-order chi connectivity index (χ0) is 16.2. The molecule has 0 aliphatic rings. The van der Waals surface area contributed by atoms with Crippen molar-refractivity contribution in [1.29, 1.82) is 5.26 Å². The second-order valence-corrected chi connectivity index (χ2v) is 4.82. The van der Waals surface area contributed by atoms with E-state index in [1.54, 1.807) is 24.3 Å². The van der Waals surface area contributed by atoms with E-state index in [0.29, 0.717) is 17.0 Å². The van der Waals surface area contributed by atoms with E-state index in [4.69, 9.17) is 9.68 Å². The van der Waals surface area contributed by atoms with E-state index in [1.165, 1.54) is 24.4 Å². The highest BCUT2D eigenvalue weighted by atomic mass is 19.1. The van der Waals surface area contributed by atoms with Crippen LogP contribution in [0.5, 0.6) is 0 Å². The van der Waals surface area contributed by atoms with Crippen molar-refractivity contribution in [2.24, 2.45) is 0 Å². The number of hydrogen-bond donors (Lipinski definition) is 1. The molecule has 0 saturated carbocycles. The maximum absolute atomic E-state index is 13.6. The van der Waals surface area contributed by atoms with Crippen molar-refractivity contribution in [1.82, 2.24) is 4.98 Å². The molecular weight excluding hydrogens is 300 g/mol. The van der Waals surface area contributed by atoms with Crippen LogP contribution >= 0.6 is 0 Å². The molecule has 2 aromatic carbocycles. The molecule has 0 bridgehead atoms. The highest BCUT2D eigenvalue weighted by Gasteiger charge is 2.12. The minimum Gasteiger partial charge on any atom is -0.428 e. The average molecular weight is 311 g/mol. The zero-order valence-electron chi connectivity index (χ0n) is 11.9. The van der Waals surface area contributed by atoms with Crippen LogP contribution < -0.4 is 5.32 Å². The second-order valence-electron chi connectivity index (χ2n) is 4.82. The van der Waals surface area contributed by atoms with Gasteiger partial charge in [-0.05, 0) is 36.4 Å². The molecule has 0 aliphatic carbocycles. The van der Waals surface area contributed by atoms with E-state index in [-0.39, 0.29) is 18.0 Å². The Morgan fingerprint density at radius 1 is 1.09 bits per heavy atom. The summed E-state index contributed by atoms with van der Waals surface area (Å²) < 4.78 is 32.7. The lowest BCUT2D eigenvalue weighted by atomic mass is 10.1. The van der Waals surface area contributed by atoms with Gasteiger partial charge in [0.05, 0.1) is 17.8 Å². The molecule has 1 aromatic heterocycles. The summed E-state index contributed by atoms with van der Waals surface area (Å²) in [6.45, 7) is 0. The third-order valence-corrected chi connectivity index (χ3v) is 3.23. The Morgan fingerprint density at radius 3 is 2.43 bits per heavy atom. The average Bonchev–Trinajstić information content (AvgIpc) is 2.99. The van der Waals surface area contributed by atoms with Crippen molar-refractivity contribution in [3.05, 3.63) is 77.2 Å². The SMILES string of the molecule is N#Cc1ccc(Nc2ncc(Cc3c(F)cccc3F)o2)cc1. The van der Waals surface area contributed by atoms with Crippen LogP contribution in [-0.2, 0) is 6.42 Å². The van der Waals surface area contributed by atoms with Gasteiger partial charge >= 0.3 is 0 Å². The van der Waals surface area contributed by atoms with Gasteiger partial charge in [0.2, 0.25) is 0 Å². The molecule has 6 heteroatoms. The lowest BCUT2D eigenvalue weighted by Crippen LogP contribution is -1.95. The molecule has 0 saturated heterocycles. The minimum atomic E-state index is -0.622. The predicted octanol–water partition coefficient (Wildman–Crippen LogP) is 4.16. The molecule has 0 aliphatic heterocycles. The summed E-state index contributed by atoms with van der Waals surface area (Å²) in [5, 5.41) is 11.7. The van der Waals surface area contributed by atoms with Gasteiger partial charge in [0.1, 0.15) is 17.4 Å². The minimum absolute atomic E-state index is 0.0272. The van der Waals surface area contributed by atoms with Gasteiger partial charge in [-0.2, -0.15) is 5.26 Å². The molecule has 0 fully saturated rings. The number of halogens is 2. The maximum atomic E-state index is 13.6. The molecule has 0 amide bonds. The number of nitrogens with zero attached hydrogens (tertiary/aromatic N) is 2. The van der Waals surface area contributed by atoms with Crippen molar-refractivity contribution in [2.45, 2.75) is 6.42 Å². The van der Waals surface area contributed by atoms with Gasteiger partial charge in [0.25, 0.3) is 6.01 Å². The van der Waals surface area contributed by atoms with Gasteiger partial charge in [0, 0.05) is 17.7 Å². The van der Waals surface area contributed by atoms with Crippen LogP contribution in [0.4, 0.5) is 20.5 Å². The standard InChI is InChI=1S/C17H11F2N3O/c18-15-2-1-3-16(19)14(15)8-13-10-21-17(23-13)22-12-6-4-11(9-20)5-7-12/h1-7,10H,8H2,(H,21,22). The molecule has 0 unspecified atom stereocenters. The number of rotatable bonds is 4. The Hall–Kier alpha value is -3.20. The van der Waals surface area contributed by atoms with Crippen LogP contribution in [0, 0.1) is 23.0 Å². The van der Waals surface area contributed by atoms with Crippen LogP contribution in [0.3, 0.4) is 0 Å². The van der Waals surface area contributed by atoms with E-state index >= 15 is 0 Å². The van der Waals surface area contributed by atoms with E-state index in [2.05, 4.69) is 10.3 Å². The first kappa shape index (κ1) is 14.7. The lowest BCUT2D eigenvalue weighted by Gasteiger charge is -2.03. The molecule has 114 valence electrons. The molecule has 1 heterocycles. The summed E-state index contributed by atoms with van der Waals surface area (Å²) in [7, 11) is 0. The zero-order valence-corrected chi connectivity index (χ0v) is 11.9. The molecule has 3 aromatic rings. The number of aromatic nitrogens is 1. The number of hydrogen-bond acceptors (Lipinski definition) is 4. The van der Waals surface area contributed by atoms with Crippen molar-refractivity contribution in [2.75, 3.05) is 5.32 Å². The monoisotopic (exact) mass is 311 g/mol. The highest BCUT2D eigenvalue weighted by Crippen LogP contribution is 2.21. The number of nitriles is 1. The van der Waals surface area contributed by atoms with Crippen molar-refractivity contribution in [3.8, 4) is 6.07 Å². The van der Waals surface area contributed by atoms with Gasteiger partial charge in [-0.3, -0.25) is 0 Å². The summed E-state index contributed by atoms with van der Waals surface area (Å²) in [6.07, 6.45) is 1.39. The quantitative estimate of drug-likeness (QED) is 0.786. The van der Waals surface area contributed by atoms with E-state index in [1.807, 2.05) is 6.07 Å². The van der Waals surface area contributed by atoms with Gasteiger partial charge in [-0.15, -0.1) is 0 Å². The number of anilines is 2. The van der Waals surface area contributed by atoms with E-state index in [0.717, 1.165) is 0 Å². The highest BCUT2D eigenvalue weighted by molar-refractivity contribution is 5.53. The number of nitrogens with one attached hydrogen (secondary N) is 1. The molecule has 1 N–H and O–H groups in total. The fourth-order valence-electron chi connectivity index (χ4n) is 2.07. The third-order valence-electron chi connectivity index (χ3n) is 3.23. The predicted molar refractivity (Wildman–Crippen MR) is 80.1 cm³/mol. The van der Waals surface area contributed by atoms with Crippen molar-refractivity contribution in [3.63, 3.8) is 0 Å². The van der Waals surface area contributed by atoms with Gasteiger partial charge in [-0.1, -0.05) is 6.07 Å². The largest absolute Gasteiger partial charge is 0.428 e. The molecular formula is C17H11F2N3O. The summed E-state index contributed by atoms with van der Waals surface area (Å²) in [6, 6.07) is 12.7. The Labute approximate surface area is 131 Å². The molecule has 0 atom stereocenters. The van der Waals surface area contributed by atoms with Crippen LogP contribution in [0.25, 0.3) is 0 Å². The smallest absolute Gasteiger partial charge is 0.299 e. The van der Waals surface area contributed by atoms with E-state index < -0.39 is 11.6 Å². The van der Waals surface area contributed by atoms with E-state index in [9.17, 15) is 8.78 Å². The van der Waals surface area contributed by atoms with Gasteiger partial charge < -0.3 is 9.73 Å². The summed E-state index contributed by atoms with van der Waals surface area (Å²) >= 11 is 0. The summed E-state index contributed by atoms with van der Waals surface area (Å²) in [5.41, 5.74) is 1.17. The summed E-state index contributed by atoms with van der Waals surface area (Å²) in [5.74, 6) is -0.906. The Kier molecular flexibility index (Phi) is 4.02. The van der Waals surface area contributed by atoms with Crippen LogP contribution in [0.1, 0.15) is 16.9 Å². The molecule has 0 radical (unpaired) electrons. The number of oxazole rings is 1. The van der Waals surface area contributed by atoms with Crippen LogP contribution in [0.15, 0.2) is 53.1 Å². The van der Waals surface area contributed by atoms with Crippen LogP contribution in [-0.4, -0.2) is 4.98 Å². The molecule has 4 nitrogen and oxygen atoms in total. The normalized spacial score (nSPS) is 10.3. The van der Waals surface area contributed by atoms with Crippen molar-refractivity contribution >= 4 is 11.7 Å². The molecule has 0 spiro atoms. The maximum Gasteiger partial charge on any atom is 0.299 e. The Balaban J connectivity index is 1.74. The topological polar surface area (TPSA) is 61.9 Å². The molecule has 23 heavy (non-hydrogen) atoms. The van der Waals surface area contributed by atoms with Gasteiger partial charge in [-0.25, -0.2) is 13.8 Å². The van der Waals surface area contributed by atoms with Gasteiger partial charge in [0.15, 0.2) is 0 Å².